The van der Waals surface area contributed by atoms with Crippen LogP contribution >= 0.6 is 0 Å². The maximum atomic E-state index is 12.5. The van der Waals surface area contributed by atoms with Crippen molar-refractivity contribution in [2.24, 2.45) is 11.7 Å². The van der Waals surface area contributed by atoms with Crippen molar-refractivity contribution in [3.8, 4) is 5.75 Å². The van der Waals surface area contributed by atoms with Crippen LogP contribution < -0.4 is 10.5 Å². The highest BCUT2D eigenvalue weighted by Crippen LogP contribution is 2.24. The molecule has 0 aliphatic carbocycles. The molecule has 2 N–H and O–H groups in total. The van der Waals surface area contributed by atoms with E-state index in [0.29, 0.717) is 18.2 Å². The first-order valence-corrected chi connectivity index (χ1v) is 7.20. The number of likely N-dealkylation sites (tertiary alicyclic amines) is 1. The second kappa shape index (κ2) is 6.70. The summed E-state index contributed by atoms with van der Waals surface area (Å²) in [6.45, 7) is 5.21. The van der Waals surface area contributed by atoms with E-state index in [0.717, 1.165) is 19.4 Å². The van der Waals surface area contributed by atoms with Crippen molar-refractivity contribution in [3.05, 3.63) is 24.5 Å². The van der Waals surface area contributed by atoms with E-state index in [4.69, 9.17) is 10.5 Å². The van der Waals surface area contributed by atoms with Gasteiger partial charge in [-0.2, -0.15) is 0 Å². The fraction of sp³-hybridized carbons (Fsp3) is 0.600. The minimum atomic E-state index is -0.515. The Hall–Kier alpha value is -1.62. The van der Waals surface area contributed by atoms with Gasteiger partial charge in [-0.05, 0) is 37.8 Å². The lowest BCUT2D eigenvalue weighted by Crippen LogP contribution is -2.54. The second-order valence-corrected chi connectivity index (χ2v) is 5.40. The fourth-order valence-electron chi connectivity index (χ4n) is 2.79. The van der Waals surface area contributed by atoms with Gasteiger partial charge in [0.25, 0.3) is 5.91 Å². The monoisotopic (exact) mass is 277 g/mol. The van der Waals surface area contributed by atoms with Crippen molar-refractivity contribution in [2.45, 2.75) is 38.8 Å². The average molecular weight is 277 g/mol. The zero-order valence-electron chi connectivity index (χ0n) is 12.2. The topological polar surface area (TPSA) is 68.5 Å². The first kappa shape index (κ1) is 14.8. The van der Waals surface area contributed by atoms with Crippen LogP contribution in [0.1, 0.15) is 26.7 Å². The number of carbonyl (C=O) groups excluding carboxylic acids is 1. The molecule has 1 aliphatic rings. The van der Waals surface area contributed by atoms with Crippen LogP contribution in [0.2, 0.25) is 0 Å². The van der Waals surface area contributed by atoms with Gasteiger partial charge in [-0.3, -0.25) is 9.78 Å². The molecule has 1 fully saturated rings. The molecule has 2 heterocycles. The molecule has 5 heteroatoms. The van der Waals surface area contributed by atoms with Crippen molar-refractivity contribution < 1.29 is 9.53 Å². The molecular weight excluding hydrogens is 254 g/mol. The number of pyridine rings is 1. The molecule has 1 saturated heterocycles. The molecule has 0 radical (unpaired) electrons. The lowest BCUT2D eigenvalue weighted by Gasteiger charge is -2.40. The number of rotatable bonds is 4. The van der Waals surface area contributed by atoms with E-state index in [1.165, 1.54) is 0 Å². The van der Waals surface area contributed by atoms with Crippen LogP contribution in [0, 0.1) is 5.92 Å². The Labute approximate surface area is 120 Å². The van der Waals surface area contributed by atoms with Gasteiger partial charge in [0.1, 0.15) is 5.75 Å². The van der Waals surface area contributed by atoms with E-state index < -0.39 is 6.10 Å². The van der Waals surface area contributed by atoms with Gasteiger partial charge < -0.3 is 15.4 Å². The van der Waals surface area contributed by atoms with Crippen LogP contribution in [0.15, 0.2) is 24.5 Å². The first-order chi connectivity index (χ1) is 9.63. The van der Waals surface area contributed by atoms with Crippen molar-refractivity contribution in [1.82, 2.24) is 9.88 Å². The van der Waals surface area contributed by atoms with Gasteiger partial charge in [-0.15, -0.1) is 0 Å². The Morgan fingerprint density at radius 3 is 3.10 bits per heavy atom. The van der Waals surface area contributed by atoms with Gasteiger partial charge in [-0.25, -0.2) is 0 Å². The van der Waals surface area contributed by atoms with Gasteiger partial charge in [0.15, 0.2) is 6.10 Å². The fourth-order valence-corrected chi connectivity index (χ4v) is 2.79. The SMILES string of the molecule is C[C@H](Oc1cccnc1)C(=O)N1CCC[C@H](C)[C@@H]1CN. The maximum Gasteiger partial charge on any atom is 0.263 e. The van der Waals surface area contributed by atoms with Gasteiger partial charge in [-0.1, -0.05) is 6.92 Å². The summed E-state index contributed by atoms with van der Waals surface area (Å²) in [5, 5.41) is 0. The van der Waals surface area contributed by atoms with Crippen LogP contribution in [-0.2, 0) is 4.79 Å². The predicted molar refractivity (Wildman–Crippen MR) is 77.3 cm³/mol. The molecule has 5 nitrogen and oxygen atoms in total. The second-order valence-electron chi connectivity index (χ2n) is 5.40. The summed E-state index contributed by atoms with van der Waals surface area (Å²) in [7, 11) is 0. The summed E-state index contributed by atoms with van der Waals surface area (Å²) in [6, 6.07) is 3.71. The van der Waals surface area contributed by atoms with Crippen LogP contribution in [0.25, 0.3) is 0 Å². The Bertz CT molecular complexity index is 438. The average Bonchev–Trinajstić information content (AvgIpc) is 2.47. The molecule has 1 amide bonds. The maximum absolute atomic E-state index is 12.5. The summed E-state index contributed by atoms with van der Waals surface area (Å²) in [6.07, 6.45) is 4.93. The Kier molecular flexibility index (Phi) is 4.95. The molecular formula is C15H23N3O2. The number of nitrogens with zero attached hydrogens (tertiary/aromatic N) is 2. The predicted octanol–water partition coefficient (Wildman–Crippen LogP) is 1.43. The molecule has 110 valence electrons. The lowest BCUT2D eigenvalue weighted by molar-refractivity contribution is -0.142. The van der Waals surface area contributed by atoms with Crippen molar-refractivity contribution in [1.29, 1.82) is 0 Å². The molecule has 1 aromatic rings. The minimum Gasteiger partial charge on any atom is -0.479 e. The Morgan fingerprint density at radius 2 is 2.45 bits per heavy atom. The summed E-state index contributed by atoms with van der Waals surface area (Å²) in [5.74, 6) is 1.07. The van der Waals surface area contributed by atoms with E-state index in [1.807, 2.05) is 4.90 Å². The summed E-state index contributed by atoms with van der Waals surface area (Å²) in [4.78, 5) is 18.4. The quantitative estimate of drug-likeness (QED) is 0.904. The number of amides is 1. The highest BCUT2D eigenvalue weighted by molar-refractivity contribution is 5.81. The molecule has 0 spiro atoms. The molecule has 2 rings (SSSR count). The zero-order valence-corrected chi connectivity index (χ0v) is 12.2. The highest BCUT2D eigenvalue weighted by Gasteiger charge is 2.33. The molecule has 1 aromatic heterocycles. The van der Waals surface area contributed by atoms with E-state index >= 15 is 0 Å². The number of nitrogens with two attached hydrogens (primary N) is 1. The normalized spacial score (nSPS) is 24.2. The summed E-state index contributed by atoms with van der Waals surface area (Å²) < 4.78 is 5.66. The third kappa shape index (κ3) is 3.28. The van der Waals surface area contributed by atoms with Crippen molar-refractivity contribution in [2.75, 3.05) is 13.1 Å². The smallest absolute Gasteiger partial charge is 0.263 e. The molecule has 1 aliphatic heterocycles. The molecule has 0 bridgehead atoms. The first-order valence-electron chi connectivity index (χ1n) is 7.20. The minimum absolute atomic E-state index is 0.0100. The van der Waals surface area contributed by atoms with Gasteiger partial charge in [0, 0.05) is 25.3 Å². The van der Waals surface area contributed by atoms with Crippen molar-refractivity contribution in [3.63, 3.8) is 0 Å². The van der Waals surface area contributed by atoms with Gasteiger partial charge in [0.2, 0.25) is 0 Å². The summed E-state index contributed by atoms with van der Waals surface area (Å²) >= 11 is 0. The number of hydrogen-bond acceptors (Lipinski definition) is 4. The number of aromatic nitrogens is 1. The number of carbonyl (C=O) groups is 1. The zero-order chi connectivity index (χ0) is 14.5. The summed E-state index contributed by atoms with van der Waals surface area (Å²) in [5.41, 5.74) is 5.83. The van der Waals surface area contributed by atoms with E-state index in [1.54, 1.807) is 31.5 Å². The van der Waals surface area contributed by atoms with Crippen LogP contribution in [0.5, 0.6) is 5.75 Å². The number of ether oxygens (including phenoxy) is 1. The van der Waals surface area contributed by atoms with Crippen LogP contribution in [0.3, 0.4) is 0 Å². The third-order valence-electron chi connectivity index (χ3n) is 3.94. The van der Waals surface area contributed by atoms with E-state index in [9.17, 15) is 4.79 Å². The Balaban J connectivity index is 2.02. The number of hydrogen-bond donors (Lipinski definition) is 1. The highest BCUT2D eigenvalue weighted by atomic mass is 16.5. The largest absolute Gasteiger partial charge is 0.479 e. The standard InChI is InChI=1S/C15H23N3O2/c1-11-5-4-8-18(14(11)9-16)15(19)12(2)20-13-6-3-7-17-10-13/h3,6-7,10-12,14H,4-5,8-9,16H2,1-2H3/t11-,12-,14-/m0/s1. The Morgan fingerprint density at radius 1 is 1.65 bits per heavy atom. The molecule has 0 unspecified atom stereocenters. The molecule has 0 saturated carbocycles. The van der Waals surface area contributed by atoms with Gasteiger partial charge >= 0.3 is 0 Å². The van der Waals surface area contributed by atoms with Crippen LogP contribution in [0.4, 0.5) is 0 Å². The number of piperidine rings is 1. The lowest BCUT2D eigenvalue weighted by atomic mass is 9.90. The molecule has 3 atom stereocenters. The molecule has 0 aromatic carbocycles. The van der Waals surface area contributed by atoms with Gasteiger partial charge in [0.05, 0.1) is 6.20 Å². The van der Waals surface area contributed by atoms with Crippen molar-refractivity contribution >= 4 is 5.91 Å². The van der Waals surface area contributed by atoms with E-state index in [-0.39, 0.29) is 11.9 Å². The van der Waals surface area contributed by atoms with E-state index in [2.05, 4.69) is 11.9 Å². The molecule has 20 heavy (non-hydrogen) atoms. The van der Waals surface area contributed by atoms with Crippen LogP contribution in [-0.4, -0.2) is 41.0 Å². The third-order valence-corrected chi connectivity index (χ3v) is 3.94.